The molecule has 1 N–H and O–H groups in total. The molecule has 6 nitrogen and oxygen atoms in total. The van der Waals surface area contributed by atoms with Crippen molar-refractivity contribution >= 4 is 38.9 Å². The van der Waals surface area contributed by atoms with E-state index in [0.717, 1.165) is 16.9 Å². The predicted molar refractivity (Wildman–Crippen MR) is 108 cm³/mol. The standard InChI is InChI=1S/C18H22ClN3O3S2/c1-14-2-4-15(5-3-14)12-20-17(23)13-21-8-10-22(11-9-21)27(24,25)18-7-6-16(19)26-18/h2-7H,8-13H2,1H3,(H,20,23). The van der Waals surface area contributed by atoms with Gasteiger partial charge >= 0.3 is 0 Å². The molecule has 0 saturated carbocycles. The maximum absolute atomic E-state index is 12.6. The number of nitrogens with zero attached hydrogens (tertiary/aromatic N) is 2. The number of rotatable bonds is 6. The highest BCUT2D eigenvalue weighted by atomic mass is 35.5. The molecule has 0 radical (unpaired) electrons. The van der Waals surface area contributed by atoms with Crippen LogP contribution in [0.15, 0.2) is 40.6 Å². The van der Waals surface area contributed by atoms with Crippen molar-refractivity contribution in [1.29, 1.82) is 0 Å². The van der Waals surface area contributed by atoms with Gasteiger partial charge in [-0.3, -0.25) is 9.69 Å². The summed E-state index contributed by atoms with van der Waals surface area (Å²) in [4.78, 5) is 14.1. The third-order valence-electron chi connectivity index (χ3n) is 4.45. The summed E-state index contributed by atoms with van der Waals surface area (Å²) < 4.78 is 27.4. The molecule has 9 heteroatoms. The summed E-state index contributed by atoms with van der Waals surface area (Å²) in [6, 6.07) is 11.1. The Kier molecular flexibility index (Phi) is 6.54. The van der Waals surface area contributed by atoms with Gasteiger partial charge in [0.25, 0.3) is 10.0 Å². The van der Waals surface area contributed by atoms with Gasteiger partial charge in [0.05, 0.1) is 10.9 Å². The fourth-order valence-corrected chi connectivity index (χ4v) is 5.92. The highest BCUT2D eigenvalue weighted by Crippen LogP contribution is 2.28. The van der Waals surface area contributed by atoms with Crippen molar-refractivity contribution in [2.45, 2.75) is 17.7 Å². The summed E-state index contributed by atoms with van der Waals surface area (Å²) in [5.74, 6) is -0.0584. The van der Waals surface area contributed by atoms with Crippen molar-refractivity contribution in [3.63, 3.8) is 0 Å². The summed E-state index contributed by atoms with van der Waals surface area (Å²) in [5.41, 5.74) is 2.24. The van der Waals surface area contributed by atoms with Crippen molar-refractivity contribution in [2.75, 3.05) is 32.7 Å². The van der Waals surface area contributed by atoms with E-state index in [1.165, 1.54) is 15.9 Å². The number of thiophene rings is 1. The molecule has 1 aliphatic rings. The second-order valence-corrected chi connectivity index (χ2v) is 10.4. The zero-order valence-corrected chi connectivity index (χ0v) is 17.4. The van der Waals surface area contributed by atoms with Gasteiger partial charge in [-0.05, 0) is 24.6 Å². The Morgan fingerprint density at radius 1 is 1.11 bits per heavy atom. The Morgan fingerprint density at radius 3 is 2.37 bits per heavy atom. The number of carbonyl (C=O) groups is 1. The van der Waals surface area contributed by atoms with Gasteiger partial charge in [-0.1, -0.05) is 41.4 Å². The second kappa shape index (κ2) is 8.70. The summed E-state index contributed by atoms with van der Waals surface area (Å²) in [5, 5.41) is 2.91. The van der Waals surface area contributed by atoms with Gasteiger partial charge in [0.2, 0.25) is 5.91 Å². The van der Waals surface area contributed by atoms with E-state index in [1.807, 2.05) is 36.1 Å². The van der Waals surface area contributed by atoms with Gasteiger partial charge in [0.15, 0.2) is 0 Å². The molecular formula is C18H22ClN3O3S2. The molecule has 0 atom stereocenters. The van der Waals surface area contributed by atoms with Crippen LogP contribution in [0.5, 0.6) is 0 Å². The highest BCUT2D eigenvalue weighted by Gasteiger charge is 2.30. The molecule has 1 fully saturated rings. The molecule has 2 aromatic rings. The van der Waals surface area contributed by atoms with E-state index in [9.17, 15) is 13.2 Å². The number of sulfonamides is 1. The maximum atomic E-state index is 12.6. The van der Waals surface area contributed by atoms with Crippen LogP contribution in [-0.2, 0) is 21.4 Å². The van der Waals surface area contributed by atoms with E-state index in [4.69, 9.17) is 11.6 Å². The number of hydrogen-bond donors (Lipinski definition) is 1. The fourth-order valence-electron chi connectivity index (χ4n) is 2.86. The minimum atomic E-state index is -3.50. The molecule has 146 valence electrons. The molecule has 1 amide bonds. The molecule has 1 saturated heterocycles. The number of amides is 1. The van der Waals surface area contributed by atoms with Crippen LogP contribution in [-0.4, -0.2) is 56.3 Å². The van der Waals surface area contributed by atoms with Crippen LogP contribution < -0.4 is 5.32 Å². The van der Waals surface area contributed by atoms with Crippen LogP contribution >= 0.6 is 22.9 Å². The molecule has 0 spiro atoms. The summed E-state index contributed by atoms with van der Waals surface area (Å²) in [6.45, 7) is 4.56. The average Bonchev–Trinajstić information content (AvgIpc) is 3.09. The molecule has 3 rings (SSSR count). The largest absolute Gasteiger partial charge is 0.351 e. The van der Waals surface area contributed by atoms with Crippen molar-refractivity contribution in [3.05, 3.63) is 51.9 Å². The Labute approximate surface area is 168 Å². The molecule has 2 heterocycles. The number of carbonyl (C=O) groups excluding carboxylic acids is 1. The Morgan fingerprint density at radius 2 is 1.78 bits per heavy atom. The van der Waals surface area contributed by atoms with E-state index >= 15 is 0 Å². The lowest BCUT2D eigenvalue weighted by atomic mass is 10.1. The van der Waals surface area contributed by atoms with Crippen molar-refractivity contribution in [3.8, 4) is 0 Å². The first-order chi connectivity index (χ1) is 12.8. The zero-order valence-electron chi connectivity index (χ0n) is 15.0. The number of aryl methyl sites for hydroxylation is 1. The van der Waals surface area contributed by atoms with Crippen molar-refractivity contribution in [2.24, 2.45) is 0 Å². The quantitative estimate of drug-likeness (QED) is 0.768. The van der Waals surface area contributed by atoms with Crippen LogP contribution in [0.4, 0.5) is 0 Å². The minimum absolute atomic E-state index is 0.0584. The van der Waals surface area contributed by atoms with Gasteiger partial charge in [0, 0.05) is 32.7 Å². The van der Waals surface area contributed by atoms with E-state index in [0.29, 0.717) is 37.1 Å². The third-order valence-corrected chi connectivity index (χ3v) is 8.05. The monoisotopic (exact) mass is 427 g/mol. The second-order valence-electron chi connectivity index (χ2n) is 6.50. The summed E-state index contributed by atoms with van der Waals surface area (Å²) >= 11 is 6.91. The van der Waals surface area contributed by atoms with Gasteiger partial charge in [-0.15, -0.1) is 11.3 Å². The van der Waals surface area contributed by atoms with E-state index in [2.05, 4.69) is 5.32 Å². The number of piperazine rings is 1. The lowest BCUT2D eigenvalue weighted by Crippen LogP contribution is -2.50. The van der Waals surface area contributed by atoms with E-state index < -0.39 is 10.0 Å². The average molecular weight is 428 g/mol. The lowest BCUT2D eigenvalue weighted by molar-refractivity contribution is -0.122. The molecule has 0 bridgehead atoms. The number of halogens is 1. The van der Waals surface area contributed by atoms with Crippen LogP contribution in [0.2, 0.25) is 4.34 Å². The zero-order chi connectivity index (χ0) is 19.4. The van der Waals surface area contributed by atoms with Gasteiger partial charge in [-0.2, -0.15) is 4.31 Å². The SMILES string of the molecule is Cc1ccc(CNC(=O)CN2CCN(S(=O)(=O)c3ccc(Cl)s3)CC2)cc1. The first-order valence-corrected chi connectivity index (χ1v) is 11.3. The first kappa shape index (κ1) is 20.3. The maximum Gasteiger partial charge on any atom is 0.252 e. The topological polar surface area (TPSA) is 69.7 Å². The smallest absolute Gasteiger partial charge is 0.252 e. The van der Waals surface area contributed by atoms with Crippen molar-refractivity contribution in [1.82, 2.24) is 14.5 Å². The number of hydrogen-bond acceptors (Lipinski definition) is 5. The summed E-state index contributed by atoms with van der Waals surface area (Å²) in [7, 11) is -3.50. The molecule has 1 aliphatic heterocycles. The lowest BCUT2D eigenvalue weighted by Gasteiger charge is -2.33. The Bertz CT molecular complexity index is 889. The molecular weight excluding hydrogens is 406 g/mol. The van der Waals surface area contributed by atoms with Crippen LogP contribution in [0.25, 0.3) is 0 Å². The highest BCUT2D eigenvalue weighted by molar-refractivity contribution is 7.91. The molecule has 0 unspecified atom stereocenters. The first-order valence-electron chi connectivity index (χ1n) is 8.65. The summed E-state index contributed by atoms with van der Waals surface area (Å²) in [6.07, 6.45) is 0. The van der Waals surface area contributed by atoms with E-state index in [1.54, 1.807) is 6.07 Å². The normalized spacial score (nSPS) is 16.4. The molecule has 1 aromatic carbocycles. The van der Waals surface area contributed by atoms with Crippen LogP contribution in [0.3, 0.4) is 0 Å². The van der Waals surface area contributed by atoms with Crippen LogP contribution in [0.1, 0.15) is 11.1 Å². The van der Waals surface area contributed by atoms with Gasteiger partial charge in [0.1, 0.15) is 4.21 Å². The number of benzene rings is 1. The third kappa shape index (κ3) is 5.30. The van der Waals surface area contributed by atoms with Gasteiger partial charge in [-0.25, -0.2) is 8.42 Å². The van der Waals surface area contributed by atoms with Crippen LogP contribution in [0, 0.1) is 6.92 Å². The fraction of sp³-hybridized carbons (Fsp3) is 0.389. The molecule has 1 aromatic heterocycles. The molecule has 27 heavy (non-hydrogen) atoms. The number of nitrogens with one attached hydrogen (secondary N) is 1. The predicted octanol–water partition coefficient (Wildman–Crippen LogP) is 2.33. The van der Waals surface area contributed by atoms with Gasteiger partial charge < -0.3 is 5.32 Å². The Hall–Kier alpha value is -1.45. The minimum Gasteiger partial charge on any atom is -0.351 e. The molecule has 0 aliphatic carbocycles. The van der Waals surface area contributed by atoms with Crippen molar-refractivity contribution < 1.29 is 13.2 Å². The Balaban J connectivity index is 1.46. The van der Waals surface area contributed by atoms with E-state index in [-0.39, 0.29) is 16.7 Å².